The van der Waals surface area contributed by atoms with Crippen molar-refractivity contribution in [3.8, 4) is 0 Å². The van der Waals surface area contributed by atoms with Crippen molar-refractivity contribution >= 4 is 11.8 Å². The van der Waals surface area contributed by atoms with E-state index in [9.17, 15) is 14.0 Å². The van der Waals surface area contributed by atoms with Crippen LogP contribution in [0.1, 0.15) is 28.3 Å². The SMILES string of the molecule is COC(=O)C1CC(=O)c2ccc(F)cc21. The molecule has 3 nitrogen and oxygen atoms in total. The average molecular weight is 208 g/mol. The van der Waals surface area contributed by atoms with E-state index in [0.717, 1.165) is 0 Å². The molecular formula is C11H9FO3. The molecule has 1 aromatic rings. The van der Waals surface area contributed by atoms with Crippen molar-refractivity contribution in [2.24, 2.45) is 0 Å². The Kier molecular flexibility index (Phi) is 2.26. The summed E-state index contributed by atoms with van der Waals surface area (Å²) in [6, 6.07) is 3.86. The predicted molar refractivity (Wildman–Crippen MR) is 50.1 cm³/mol. The second-order valence-corrected chi connectivity index (χ2v) is 3.43. The van der Waals surface area contributed by atoms with Crippen molar-refractivity contribution in [2.45, 2.75) is 12.3 Å². The minimum absolute atomic E-state index is 0.0749. The van der Waals surface area contributed by atoms with Crippen LogP contribution in [0, 0.1) is 5.82 Å². The average Bonchev–Trinajstić information content (AvgIpc) is 2.54. The van der Waals surface area contributed by atoms with Gasteiger partial charge in [-0.15, -0.1) is 0 Å². The van der Waals surface area contributed by atoms with E-state index in [2.05, 4.69) is 4.74 Å². The van der Waals surface area contributed by atoms with Crippen molar-refractivity contribution in [1.82, 2.24) is 0 Å². The van der Waals surface area contributed by atoms with Gasteiger partial charge in [0.25, 0.3) is 0 Å². The zero-order valence-electron chi connectivity index (χ0n) is 8.12. The van der Waals surface area contributed by atoms with Crippen LogP contribution in [-0.4, -0.2) is 18.9 Å². The Labute approximate surface area is 85.9 Å². The normalized spacial score (nSPS) is 18.8. The monoisotopic (exact) mass is 208 g/mol. The molecule has 0 N–H and O–H groups in total. The van der Waals surface area contributed by atoms with E-state index in [4.69, 9.17) is 0 Å². The topological polar surface area (TPSA) is 43.4 Å². The fourth-order valence-corrected chi connectivity index (χ4v) is 1.83. The Bertz CT molecular complexity index is 439. The van der Waals surface area contributed by atoms with Gasteiger partial charge in [0.2, 0.25) is 0 Å². The lowest BCUT2D eigenvalue weighted by Crippen LogP contribution is -2.11. The number of ketones is 1. The van der Waals surface area contributed by atoms with Crippen LogP contribution in [0.5, 0.6) is 0 Å². The largest absolute Gasteiger partial charge is 0.469 e. The van der Waals surface area contributed by atoms with Gasteiger partial charge in [0, 0.05) is 12.0 Å². The Morgan fingerprint density at radius 1 is 1.53 bits per heavy atom. The Hall–Kier alpha value is -1.71. The first-order chi connectivity index (χ1) is 7.13. The minimum Gasteiger partial charge on any atom is -0.469 e. The van der Waals surface area contributed by atoms with E-state index in [1.807, 2.05) is 0 Å². The molecule has 0 heterocycles. The molecule has 15 heavy (non-hydrogen) atoms. The van der Waals surface area contributed by atoms with E-state index < -0.39 is 17.7 Å². The number of rotatable bonds is 1. The Balaban J connectivity index is 2.48. The van der Waals surface area contributed by atoms with Crippen molar-refractivity contribution in [3.05, 3.63) is 35.1 Å². The quantitative estimate of drug-likeness (QED) is 0.659. The first kappa shape index (κ1) is 9.83. The van der Waals surface area contributed by atoms with Gasteiger partial charge < -0.3 is 4.74 Å². The predicted octanol–water partition coefficient (Wildman–Crippen LogP) is 1.67. The van der Waals surface area contributed by atoms with Gasteiger partial charge in [0.15, 0.2) is 5.78 Å². The highest BCUT2D eigenvalue weighted by Crippen LogP contribution is 2.34. The molecule has 1 atom stereocenters. The van der Waals surface area contributed by atoms with E-state index >= 15 is 0 Å². The van der Waals surface area contributed by atoms with Crippen LogP contribution in [0.3, 0.4) is 0 Å². The van der Waals surface area contributed by atoms with E-state index in [0.29, 0.717) is 11.1 Å². The zero-order chi connectivity index (χ0) is 11.0. The number of ether oxygens (including phenoxy) is 1. The summed E-state index contributed by atoms with van der Waals surface area (Å²) in [5, 5.41) is 0. The third kappa shape index (κ3) is 1.52. The van der Waals surface area contributed by atoms with E-state index in [-0.39, 0.29) is 12.2 Å². The molecule has 0 aromatic heterocycles. The maximum atomic E-state index is 13.0. The lowest BCUT2D eigenvalue weighted by molar-refractivity contribution is -0.142. The molecule has 0 radical (unpaired) electrons. The summed E-state index contributed by atoms with van der Waals surface area (Å²) in [5.41, 5.74) is 0.860. The molecule has 0 fully saturated rings. The van der Waals surface area contributed by atoms with Gasteiger partial charge in [-0.2, -0.15) is 0 Å². The lowest BCUT2D eigenvalue weighted by Gasteiger charge is -2.07. The number of hydrogen-bond donors (Lipinski definition) is 0. The molecule has 1 aliphatic carbocycles. The van der Waals surface area contributed by atoms with Crippen LogP contribution in [0.25, 0.3) is 0 Å². The van der Waals surface area contributed by atoms with Crippen molar-refractivity contribution in [1.29, 1.82) is 0 Å². The molecule has 1 unspecified atom stereocenters. The maximum Gasteiger partial charge on any atom is 0.313 e. The summed E-state index contributed by atoms with van der Waals surface area (Å²) < 4.78 is 17.5. The second-order valence-electron chi connectivity index (χ2n) is 3.43. The first-order valence-corrected chi connectivity index (χ1v) is 4.54. The number of carbonyl (C=O) groups is 2. The molecule has 0 spiro atoms. The number of Topliss-reactive ketones (excluding diaryl/α,β-unsaturated/α-hetero) is 1. The smallest absolute Gasteiger partial charge is 0.313 e. The summed E-state index contributed by atoms with van der Waals surface area (Å²) in [4.78, 5) is 22.8. The molecule has 1 aromatic carbocycles. The van der Waals surface area contributed by atoms with E-state index in [1.165, 1.54) is 25.3 Å². The van der Waals surface area contributed by atoms with Crippen LogP contribution in [0.2, 0.25) is 0 Å². The second kappa shape index (κ2) is 3.46. The van der Waals surface area contributed by atoms with Gasteiger partial charge in [-0.05, 0) is 23.8 Å². The number of fused-ring (bicyclic) bond motifs is 1. The summed E-state index contributed by atoms with van der Waals surface area (Å²) in [7, 11) is 1.25. The molecule has 78 valence electrons. The molecule has 4 heteroatoms. The van der Waals surface area contributed by atoms with Crippen LogP contribution < -0.4 is 0 Å². The van der Waals surface area contributed by atoms with Crippen LogP contribution >= 0.6 is 0 Å². The fourth-order valence-electron chi connectivity index (χ4n) is 1.83. The number of benzene rings is 1. The third-order valence-electron chi connectivity index (χ3n) is 2.56. The number of carbonyl (C=O) groups excluding carboxylic acids is 2. The van der Waals surface area contributed by atoms with Crippen LogP contribution in [0.15, 0.2) is 18.2 Å². The summed E-state index contributed by atoms with van der Waals surface area (Å²) >= 11 is 0. The molecule has 0 saturated carbocycles. The van der Waals surface area contributed by atoms with Crippen LogP contribution in [-0.2, 0) is 9.53 Å². The Morgan fingerprint density at radius 2 is 2.27 bits per heavy atom. The standard InChI is InChI=1S/C11H9FO3/c1-15-11(14)9-5-10(13)7-3-2-6(12)4-8(7)9/h2-4,9H,5H2,1H3. The molecule has 0 amide bonds. The molecular weight excluding hydrogens is 199 g/mol. The van der Waals surface area contributed by atoms with Gasteiger partial charge >= 0.3 is 5.97 Å². The highest BCUT2D eigenvalue weighted by atomic mass is 19.1. The van der Waals surface area contributed by atoms with Gasteiger partial charge in [0.1, 0.15) is 5.82 Å². The van der Waals surface area contributed by atoms with E-state index in [1.54, 1.807) is 0 Å². The van der Waals surface area contributed by atoms with Gasteiger partial charge in [-0.1, -0.05) is 0 Å². The number of methoxy groups -OCH3 is 1. The first-order valence-electron chi connectivity index (χ1n) is 4.54. The van der Waals surface area contributed by atoms with Crippen LogP contribution in [0.4, 0.5) is 4.39 Å². The van der Waals surface area contributed by atoms with Crippen molar-refractivity contribution < 1.29 is 18.7 Å². The zero-order valence-corrected chi connectivity index (χ0v) is 8.12. The highest BCUT2D eigenvalue weighted by molar-refractivity contribution is 6.05. The minimum atomic E-state index is -0.645. The summed E-state index contributed by atoms with van der Waals surface area (Å²) in [5.74, 6) is -1.72. The number of hydrogen-bond acceptors (Lipinski definition) is 3. The van der Waals surface area contributed by atoms with Gasteiger partial charge in [0.05, 0.1) is 13.0 Å². The molecule has 1 aliphatic rings. The number of esters is 1. The maximum absolute atomic E-state index is 13.0. The summed E-state index contributed by atoms with van der Waals surface area (Å²) in [6.45, 7) is 0. The highest BCUT2D eigenvalue weighted by Gasteiger charge is 2.35. The molecule has 2 rings (SSSR count). The van der Waals surface area contributed by atoms with Crippen molar-refractivity contribution in [3.63, 3.8) is 0 Å². The lowest BCUT2D eigenvalue weighted by atomic mass is 10.0. The molecule has 0 saturated heterocycles. The number of halogens is 1. The fraction of sp³-hybridized carbons (Fsp3) is 0.273. The Morgan fingerprint density at radius 3 is 2.93 bits per heavy atom. The molecule has 0 aliphatic heterocycles. The molecule has 0 bridgehead atoms. The summed E-state index contributed by atoms with van der Waals surface area (Å²) in [6.07, 6.45) is 0.0749. The van der Waals surface area contributed by atoms with Gasteiger partial charge in [-0.25, -0.2) is 4.39 Å². The third-order valence-corrected chi connectivity index (χ3v) is 2.56. The van der Waals surface area contributed by atoms with Gasteiger partial charge in [-0.3, -0.25) is 9.59 Å². The van der Waals surface area contributed by atoms with Crippen molar-refractivity contribution in [2.75, 3.05) is 7.11 Å².